The van der Waals surface area contributed by atoms with Crippen LogP contribution in [0.5, 0.6) is 0 Å². The average Bonchev–Trinajstić information content (AvgIpc) is 3.24. The summed E-state index contributed by atoms with van der Waals surface area (Å²) in [7, 11) is 0. The van der Waals surface area contributed by atoms with Crippen LogP contribution >= 0.6 is 0 Å². The summed E-state index contributed by atoms with van der Waals surface area (Å²) < 4.78 is 0. The van der Waals surface area contributed by atoms with Gasteiger partial charge in [0, 0.05) is 36.6 Å². The molecule has 1 atom stereocenters. The van der Waals surface area contributed by atoms with Gasteiger partial charge in [-0.2, -0.15) is 0 Å². The summed E-state index contributed by atoms with van der Waals surface area (Å²) in [6.07, 6.45) is 2.98. The third-order valence-electron chi connectivity index (χ3n) is 4.74. The van der Waals surface area contributed by atoms with Gasteiger partial charge in [0.05, 0.1) is 0 Å². The zero-order valence-electron chi connectivity index (χ0n) is 14.7. The molecule has 0 saturated carbocycles. The van der Waals surface area contributed by atoms with E-state index in [0.29, 0.717) is 5.92 Å². The second-order valence-electron chi connectivity index (χ2n) is 6.85. The smallest absolute Gasteiger partial charge is 0.156 e. The second-order valence-corrected chi connectivity index (χ2v) is 6.85. The van der Waals surface area contributed by atoms with Crippen LogP contribution in [0, 0.1) is 13.8 Å². The molecular formula is C20H23N5. The number of aromatic nitrogens is 4. The first-order chi connectivity index (χ1) is 12.2. The average molecular weight is 333 g/mol. The summed E-state index contributed by atoms with van der Waals surface area (Å²) in [5.74, 6) is 2.09. The Bertz CT molecular complexity index is 856. The van der Waals surface area contributed by atoms with Crippen LogP contribution < -0.4 is 0 Å². The molecule has 4 rings (SSSR count). The number of nitrogens with one attached hydrogen (secondary N) is 1. The molecule has 0 bridgehead atoms. The van der Waals surface area contributed by atoms with E-state index < -0.39 is 0 Å². The Labute approximate surface area is 148 Å². The topological polar surface area (TPSA) is 57.7 Å². The van der Waals surface area contributed by atoms with Crippen molar-refractivity contribution in [1.29, 1.82) is 0 Å². The second kappa shape index (κ2) is 6.76. The molecular weight excluding hydrogens is 310 g/mol. The SMILES string of the molecule is Cc1nc(-c2ncc(C)[nH]2)cc(C2CCN(Cc3ccccc3)C2)n1. The molecule has 1 aliphatic heterocycles. The monoisotopic (exact) mass is 333 g/mol. The first-order valence-electron chi connectivity index (χ1n) is 8.81. The summed E-state index contributed by atoms with van der Waals surface area (Å²) in [6.45, 7) is 7.12. The lowest BCUT2D eigenvalue weighted by Crippen LogP contribution is -2.20. The molecule has 128 valence electrons. The van der Waals surface area contributed by atoms with Gasteiger partial charge in [0.2, 0.25) is 0 Å². The van der Waals surface area contributed by atoms with E-state index in [0.717, 1.165) is 54.8 Å². The largest absolute Gasteiger partial charge is 0.341 e. The van der Waals surface area contributed by atoms with E-state index in [1.165, 1.54) is 5.56 Å². The third kappa shape index (κ3) is 3.61. The van der Waals surface area contributed by atoms with Crippen LogP contribution in [0.15, 0.2) is 42.6 Å². The van der Waals surface area contributed by atoms with Crippen molar-refractivity contribution in [2.45, 2.75) is 32.7 Å². The van der Waals surface area contributed by atoms with Gasteiger partial charge in [0.1, 0.15) is 11.5 Å². The molecule has 0 radical (unpaired) electrons. The normalized spacial score (nSPS) is 17.9. The molecule has 1 fully saturated rings. The zero-order chi connectivity index (χ0) is 17.2. The lowest BCUT2D eigenvalue weighted by atomic mass is 10.0. The van der Waals surface area contributed by atoms with Crippen molar-refractivity contribution in [2.24, 2.45) is 0 Å². The van der Waals surface area contributed by atoms with Crippen LogP contribution in [-0.4, -0.2) is 37.9 Å². The van der Waals surface area contributed by atoms with E-state index in [1.807, 2.05) is 20.0 Å². The van der Waals surface area contributed by atoms with Gasteiger partial charge >= 0.3 is 0 Å². The number of aromatic amines is 1. The maximum absolute atomic E-state index is 4.71. The first-order valence-corrected chi connectivity index (χ1v) is 8.81. The molecule has 0 amide bonds. The number of hydrogen-bond acceptors (Lipinski definition) is 4. The van der Waals surface area contributed by atoms with Crippen LogP contribution in [0.3, 0.4) is 0 Å². The van der Waals surface area contributed by atoms with Crippen LogP contribution in [0.2, 0.25) is 0 Å². The minimum atomic E-state index is 0.459. The van der Waals surface area contributed by atoms with Crippen molar-refractivity contribution in [2.75, 3.05) is 13.1 Å². The highest BCUT2D eigenvalue weighted by molar-refractivity contribution is 5.50. The molecule has 3 aromatic rings. The van der Waals surface area contributed by atoms with Gasteiger partial charge in [-0.15, -0.1) is 0 Å². The highest BCUT2D eigenvalue weighted by atomic mass is 15.1. The molecule has 1 aromatic carbocycles. The van der Waals surface area contributed by atoms with Crippen molar-refractivity contribution in [3.8, 4) is 11.5 Å². The van der Waals surface area contributed by atoms with E-state index in [2.05, 4.69) is 56.3 Å². The third-order valence-corrected chi connectivity index (χ3v) is 4.74. The Hall–Kier alpha value is -2.53. The fraction of sp³-hybridized carbons (Fsp3) is 0.350. The Kier molecular flexibility index (Phi) is 4.32. The van der Waals surface area contributed by atoms with Gasteiger partial charge in [-0.3, -0.25) is 4.90 Å². The Balaban J connectivity index is 1.51. The molecule has 1 N–H and O–H groups in total. The number of imidazole rings is 1. The van der Waals surface area contributed by atoms with Crippen molar-refractivity contribution in [3.63, 3.8) is 0 Å². The van der Waals surface area contributed by atoms with Gasteiger partial charge in [-0.25, -0.2) is 15.0 Å². The molecule has 2 aromatic heterocycles. The highest BCUT2D eigenvalue weighted by Gasteiger charge is 2.26. The minimum Gasteiger partial charge on any atom is -0.341 e. The number of rotatable bonds is 4. The summed E-state index contributed by atoms with van der Waals surface area (Å²) in [5, 5.41) is 0. The quantitative estimate of drug-likeness (QED) is 0.794. The highest BCUT2D eigenvalue weighted by Crippen LogP contribution is 2.28. The molecule has 1 aliphatic rings. The fourth-order valence-electron chi connectivity index (χ4n) is 3.52. The van der Waals surface area contributed by atoms with E-state index >= 15 is 0 Å². The number of aryl methyl sites for hydroxylation is 2. The predicted octanol–water partition coefficient (Wildman–Crippen LogP) is 3.47. The minimum absolute atomic E-state index is 0.459. The molecule has 5 heteroatoms. The number of benzene rings is 1. The lowest BCUT2D eigenvalue weighted by Gasteiger charge is -2.16. The van der Waals surface area contributed by atoms with Crippen molar-refractivity contribution in [1.82, 2.24) is 24.8 Å². The molecule has 5 nitrogen and oxygen atoms in total. The van der Waals surface area contributed by atoms with Gasteiger partial charge < -0.3 is 4.98 Å². The fourth-order valence-corrected chi connectivity index (χ4v) is 3.52. The maximum Gasteiger partial charge on any atom is 0.156 e. The van der Waals surface area contributed by atoms with Gasteiger partial charge in [-0.05, 0) is 38.4 Å². The van der Waals surface area contributed by atoms with E-state index in [4.69, 9.17) is 4.98 Å². The zero-order valence-corrected chi connectivity index (χ0v) is 14.7. The van der Waals surface area contributed by atoms with E-state index in [1.54, 1.807) is 0 Å². The molecule has 1 unspecified atom stereocenters. The van der Waals surface area contributed by atoms with Crippen LogP contribution in [-0.2, 0) is 6.54 Å². The molecule has 0 aliphatic carbocycles. The molecule has 1 saturated heterocycles. The maximum atomic E-state index is 4.71. The van der Waals surface area contributed by atoms with Crippen LogP contribution in [0.1, 0.15) is 35.1 Å². The van der Waals surface area contributed by atoms with Crippen LogP contribution in [0.4, 0.5) is 0 Å². The number of nitrogens with zero attached hydrogens (tertiary/aromatic N) is 4. The van der Waals surface area contributed by atoms with E-state index in [9.17, 15) is 0 Å². The summed E-state index contributed by atoms with van der Waals surface area (Å²) in [6, 6.07) is 12.8. The lowest BCUT2D eigenvalue weighted by molar-refractivity contribution is 0.326. The Morgan fingerprint density at radius 3 is 2.76 bits per heavy atom. The van der Waals surface area contributed by atoms with Crippen LogP contribution in [0.25, 0.3) is 11.5 Å². The van der Waals surface area contributed by atoms with Crippen molar-refractivity contribution < 1.29 is 0 Å². The molecule has 25 heavy (non-hydrogen) atoms. The molecule has 0 spiro atoms. The first kappa shape index (κ1) is 16.0. The number of H-pyrrole nitrogens is 1. The standard InChI is InChI=1S/C20H23N5/c1-14-11-21-20(22-14)19-10-18(23-15(2)24-19)17-8-9-25(13-17)12-16-6-4-3-5-7-16/h3-7,10-11,17H,8-9,12-13H2,1-2H3,(H,21,22). The van der Waals surface area contributed by atoms with Crippen molar-refractivity contribution >= 4 is 0 Å². The molecule has 3 heterocycles. The Morgan fingerprint density at radius 2 is 2.00 bits per heavy atom. The predicted molar refractivity (Wildman–Crippen MR) is 98.2 cm³/mol. The number of hydrogen-bond donors (Lipinski definition) is 1. The number of likely N-dealkylation sites (tertiary alicyclic amines) is 1. The summed E-state index contributed by atoms with van der Waals surface area (Å²) >= 11 is 0. The Morgan fingerprint density at radius 1 is 1.16 bits per heavy atom. The van der Waals surface area contributed by atoms with E-state index in [-0.39, 0.29) is 0 Å². The summed E-state index contributed by atoms with van der Waals surface area (Å²) in [4.78, 5) is 19.5. The van der Waals surface area contributed by atoms with Crippen molar-refractivity contribution in [3.05, 3.63) is 65.4 Å². The van der Waals surface area contributed by atoms with Gasteiger partial charge in [0.15, 0.2) is 5.82 Å². The van der Waals surface area contributed by atoms with Gasteiger partial charge in [-0.1, -0.05) is 30.3 Å². The van der Waals surface area contributed by atoms with Gasteiger partial charge in [0.25, 0.3) is 0 Å². The summed E-state index contributed by atoms with van der Waals surface area (Å²) in [5.41, 5.74) is 4.43.